The first-order chi connectivity index (χ1) is 6.36. The lowest BCUT2D eigenvalue weighted by atomic mass is 10.1. The molecule has 0 spiro atoms. The monoisotopic (exact) mass is 209 g/mol. The Morgan fingerprint density at radius 2 is 1.71 bits per heavy atom. The summed E-state index contributed by atoms with van der Waals surface area (Å²) in [5, 5.41) is 6.63. The molecule has 0 bridgehead atoms. The third-order valence-electron chi connectivity index (χ3n) is 1.52. The Labute approximate surface area is 75.7 Å². The summed E-state index contributed by atoms with van der Waals surface area (Å²) in [6.07, 6.45) is -4.44. The van der Waals surface area contributed by atoms with Crippen LogP contribution in [-0.4, -0.2) is 6.21 Å². The van der Waals surface area contributed by atoms with Crippen molar-refractivity contribution in [2.24, 2.45) is 0 Å². The average Bonchev–Trinajstić information content (AvgIpc) is 2.07. The van der Waals surface area contributed by atoms with Gasteiger partial charge in [0, 0.05) is 6.21 Å². The van der Waals surface area contributed by atoms with Crippen molar-refractivity contribution in [1.29, 1.82) is 5.41 Å². The second-order valence-electron chi connectivity index (χ2n) is 2.51. The van der Waals surface area contributed by atoms with E-state index in [2.05, 4.69) is 0 Å². The van der Waals surface area contributed by atoms with Crippen LogP contribution in [0.4, 0.5) is 22.0 Å². The van der Waals surface area contributed by atoms with Gasteiger partial charge in [-0.05, 0) is 17.7 Å². The highest BCUT2D eigenvalue weighted by atomic mass is 19.4. The molecule has 0 aliphatic heterocycles. The van der Waals surface area contributed by atoms with Gasteiger partial charge in [0.1, 0.15) is 0 Å². The number of hydrogen-bond donors (Lipinski definition) is 1. The maximum Gasteiger partial charge on any atom is 0.419 e. The summed E-state index contributed by atoms with van der Waals surface area (Å²) in [5.41, 5.74) is -2.03. The van der Waals surface area contributed by atoms with Crippen molar-refractivity contribution in [2.45, 2.75) is 6.18 Å². The molecule has 1 rings (SSSR count). The standard InChI is InChI=1S/C8H4F5N/c9-6-2-4(3-14)1-5(7(6)10)8(11,12)13/h1-3,14H. The van der Waals surface area contributed by atoms with Crippen LogP contribution in [0.2, 0.25) is 0 Å². The predicted molar refractivity (Wildman–Crippen MR) is 39.2 cm³/mol. The van der Waals surface area contributed by atoms with Gasteiger partial charge in [-0.25, -0.2) is 8.78 Å². The number of halogens is 5. The van der Waals surface area contributed by atoms with E-state index in [0.717, 1.165) is 0 Å². The van der Waals surface area contributed by atoms with Gasteiger partial charge in [0.15, 0.2) is 11.6 Å². The van der Waals surface area contributed by atoms with Crippen molar-refractivity contribution >= 4 is 6.21 Å². The minimum absolute atomic E-state index is 0.337. The van der Waals surface area contributed by atoms with Crippen molar-refractivity contribution in [3.63, 3.8) is 0 Å². The Morgan fingerprint density at radius 3 is 2.14 bits per heavy atom. The summed E-state index contributed by atoms with van der Waals surface area (Å²) < 4.78 is 61.4. The zero-order valence-corrected chi connectivity index (χ0v) is 6.62. The minimum atomic E-state index is -4.95. The van der Waals surface area contributed by atoms with Gasteiger partial charge in [-0.15, -0.1) is 0 Å². The Bertz CT molecular complexity index is 369. The van der Waals surface area contributed by atoms with Crippen molar-refractivity contribution < 1.29 is 22.0 Å². The summed E-state index contributed by atoms with van der Waals surface area (Å²) in [4.78, 5) is 0. The lowest BCUT2D eigenvalue weighted by molar-refractivity contribution is -0.140. The van der Waals surface area contributed by atoms with Crippen LogP contribution in [0.1, 0.15) is 11.1 Å². The number of alkyl halides is 3. The molecule has 0 heterocycles. The van der Waals surface area contributed by atoms with Gasteiger partial charge >= 0.3 is 6.18 Å². The highest BCUT2D eigenvalue weighted by Crippen LogP contribution is 2.32. The topological polar surface area (TPSA) is 23.9 Å². The average molecular weight is 209 g/mol. The first-order valence-electron chi connectivity index (χ1n) is 3.43. The van der Waals surface area contributed by atoms with Crippen LogP contribution in [0.15, 0.2) is 12.1 Å². The third-order valence-corrected chi connectivity index (χ3v) is 1.52. The molecule has 6 heteroatoms. The first kappa shape index (κ1) is 10.6. The molecule has 76 valence electrons. The van der Waals surface area contributed by atoms with E-state index >= 15 is 0 Å². The van der Waals surface area contributed by atoms with E-state index < -0.39 is 23.4 Å². The molecular formula is C8H4F5N. The van der Waals surface area contributed by atoms with Crippen molar-refractivity contribution in [1.82, 2.24) is 0 Å². The number of hydrogen-bond acceptors (Lipinski definition) is 1. The molecule has 1 aromatic rings. The van der Waals surface area contributed by atoms with E-state index in [-0.39, 0.29) is 5.56 Å². The molecule has 0 radical (unpaired) electrons. The van der Waals surface area contributed by atoms with Crippen LogP contribution < -0.4 is 0 Å². The Kier molecular flexibility index (Phi) is 2.55. The van der Waals surface area contributed by atoms with Gasteiger partial charge < -0.3 is 5.41 Å². The number of rotatable bonds is 1. The maximum atomic E-state index is 12.6. The molecule has 0 saturated carbocycles. The predicted octanol–water partition coefficient (Wildman–Crippen LogP) is 2.98. The van der Waals surface area contributed by atoms with Gasteiger partial charge in [0.05, 0.1) is 5.56 Å². The number of nitrogens with one attached hydrogen (secondary N) is 1. The van der Waals surface area contributed by atoms with Crippen molar-refractivity contribution in [3.8, 4) is 0 Å². The van der Waals surface area contributed by atoms with E-state index in [1.165, 1.54) is 0 Å². The van der Waals surface area contributed by atoms with Crippen LogP contribution in [-0.2, 0) is 6.18 Å². The molecule has 1 aromatic carbocycles. The third kappa shape index (κ3) is 1.89. The van der Waals surface area contributed by atoms with E-state index in [9.17, 15) is 22.0 Å². The fourth-order valence-corrected chi connectivity index (χ4v) is 0.900. The Balaban J connectivity index is 3.42. The van der Waals surface area contributed by atoms with Gasteiger partial charge in [0.2, 0.25) is 0 Å². The SMILES string of the molecule is N=Cc1cc(F)c(F)c(C(F)(F)F)c1. The molecular weight excluding hydrogens is 205 g/mol. The van der Waals surface area contributed by atoms with Crippen molar-refractivity contribution in [2.75, 3.05) is 0 Å². The molecule has 0 atom stereocenters. The molecule has 0 aliphatic rings. The van der Waals surface area contributed by atoms with E-state index in [1.54, 1.807) is 0 Å². The molecule has 0 saturated heterocycles. The smallest absolute Gasteiger partial charge is 0.308 e. The largest absolute Gasteiger partial charge is 0.419 e. The van der Waals surface area contributed by atoms with Gasteiger partial charge in [0.25, 0.3) is 0 Å². The number of benzene rings is 1. The lowest BCUT2D eigenvalue weighted by Crippen LogP contribution is -2.10. The lowest BCUT2D eigenvalue weighted by Gasteiger charge is -2.08. The highest BCUT2D eigenvalue weighted by molar-refractivity contribution is 5.77. The normalized spacial score (nSPS) is 11.5. The second-order valence-corrected chi connectivity index (χ2v) is 2.51. The molecule has 0 amide bonds. The minimum Gasteiger partial charge on any atom is -0.308 e. The van der Waals surface area contributed by atoms with Crippen LogP contribution in [0.5, 0.6) is 0 Å². The molecule has 1 nitrogen and oxygen atoms in total. The maximum absolute atomic E-state index is 12.6. The molecule has 0 fully saturated rings. The van der Waals surface area contributed by atoms with Crippen LogP contribution in [0.25, 0.3) is 0 Å². The molecule has 0 unspecified atom stereocenters. The Hall–Kier alpha value is -1.46. The van der Waals surface area contributed by atoms with E-state index in [4.69, 9.17) is 5.41 Å². The quantitative estimate of drug-likeness (QED) is 0.543. The summed E-state index contributed by atoms with van der Waals surface area (Å²) in [7, 11) is 0. The summed E-state index contributed by atoms with van der Waals surface area (Å²) in [5.74, 6) is -3.55. The summed E-state index contributed by atoms with van der Waals surface area (Å²) in [6, 6.07) is 0.906. The first-order valence-corrected chi connectivity index (χ1v) is 3.43. The molecule has 14 heavy (non-hydrogen) atoms. The van der Waals surface area contributed by atoms with Crippen LogP contribution >= 0.6 is 0 Å². The van der Waals surface area contributed by atoms with Gasteiger partial charge in [-0.3, -0.25) is 0 Å². The molecule has 1 N–H and O–H groups in total. The molecule has 0 aromatic heterocycles. The molecule has 0 aliphatic carbocycles. The van der Waals surface area contributed by atoms with Gasteiger partial charge in [-0.1, -0.05) is 0 Å². The fourth-order valence-electron chi connectivity index (χ4n) is 0.900. The highest BCUT2D eigenvalue weighted by Gasteiger charge is 2.35. The van der Waals surface area contributed by atoms with Crippen LogP contribution in [0.3, 0.4) is 0 Å². The van der Waals surface area contributed by atoms with Crippen LogP contribution in [0, 0.1) is 17.0 Å². The summed E-state index contributed by atoms with van der Waals surface area (Å²) in [6.45, 7) is 0. The van der Waals surface area contributed by atoms with Crippen molar-refractivity contribution in [3.05, 3.63) is 34.9 Å². The zero-order chi connectivity index (χ0) is 10.9. The zero-order valence-electron chi connectivity index (χ0n) is 6.62. The van der Waals surface area contributed by atoms with E-state index in [0.29, 0.717) is 18.3 Å². The fraction of sp³-hybridized carbons (Fsp3) is 0.125. The summed E-state index contributed by atoms with van der Waals surface area (Å²) >= 11 is 0. The van der Waals surface area contributed by atoms with Gasteiger partial charge in [-0.2, -0.15) is 13.2 Å². The Morgan fingerprint density at radius 1 is 1.14 bits per heavy atom. The van der Waals surface area contributed by atoms with E-state index in [1.807, 2.05) is 0 Å². The second kappa shape index (κ2) is 3.36.